The smallest absolute Gasteiger partial charge is 0.266 e. The summed E-state index contributed by atoms with van der Waals surface area (Å²) in [5.41, 5.74) is 3.31. The molecule has 6 heteroatoms. The highest BCUT2D eigenvalue weighted by Crippen LogP contribution is 2.34. The van der Waals surface area contributed by atoms with Crippen molar-refractivity contribution in [1.29, 1.82) is 5.26 Å². The minimum Gasteiger partial charge on any atom is -0.493 e. The minimum absolute atomic E-state index is 0.0158. The molecule has 0 aromatic heterocycles. The summed E-state index contributed by atoms with van der Waals surface area (Å²) in [6.07, 6.45) is 1.52. The predicted octanol–water partition coefficient (Wildman–Crippen LogP) is 5.41. The van der Waals surface area contributed by atoms with Crippen molar-refractivity contribution in [3.63, 3.8) is 0 Å². The molecule has 0 atom stereocenters. The van der Waals surface area contributed by atoms with E-state index in [0.29, 0.717) is 36.0 Å². The summed E-state index contributed by atoms with van der Waals surface area (Å²) >= 11 is 3.46. The highest BCUT2D eigenvalue weighted by atomic mass is 79.9. The number of nitrogens with one attached hydrogen (secondary N) is 1. The molecule has 2 aromatic carbocycles. The van der Waals surface area contributed by atoms with E-state index < -0.39 is 5.91 Å². The summed E-state index contributed by atoms with van der Waals surface area (Å²) in [5.74, 6) is 0.714. The van der Waals surface area contributed by atoms with Crippen LogP contribution in [0, 0.1) is 25.2 Å². The number of aryl methyl sites for hydroxylation is 1. The molecule has 0 saturated heterocycles. The standard InChI is InChI=1S/C22H23BrN2O3/c1-5-27-20-12-21(28-6-2)18(23)11-16(20)10-17(13-24)22(26)25-19-9-7-8-14(3)15(19)4/h7-12H,5-6H2,1-4H3,(H,25,26)/b17-10+. The van der Waals surface area contributed by atoms with Crippen molar-refractivity contribution in [2.75, 3.05) is 18.5 Å². The molecule has 2 aromatic rings. The molecule has 146 valence electrons. The zero-order valence-corrected chi connectivity index (χ0v) is 18.0. The molecule has 0 spiro atoms. The van der Waals surface area contributed by atoms with E-state index in [4.69, 9.17) is 9.47 Å². The Morgan fingerprint density at radius 2 is 1.86 bits per heavy atom. The Hall–Kier alpha value is -2.78. The lowest BCUT2D eigenvalue weighted by atomic mass is 10.1. The number of anilines is 1. The van der Waals surface area contributed by atoms with Crippen molar-refractivity contribution in [1.82, 2.24) is 0 Å². The molecular weight excluding hydrogens is 420 g/mol. The third kappa shape index (κ3) is 5.14. The van der Waals surface area contributed by atoms with Gasteiger partial charge in [0, 0.05) is 17.3 Å². The molecule has 1 N–H and O–H groups in total. The summed E-state index contributed by atoms with van der Waals surface area (Å²) in [6.45, 7) is 8.63. The molecule has 0 unspecified atom stereocenters. The second-order valence-electron chi connectivity index (χ2n) is 6.06. The van der Waals surface area contributed by atoms with Gasteiger partial charge in [0.25, 0.3) is 5.91 Å². The van der Waals surface area contributed by atoms with E-state index in [1.165, 1.54) is 6.08 Å². The van der Waals surface area contributed by atoms with Crippen LogP contribution in [0.5, 0.6) is 11.5 Å². The molecule has 0 aliphatic carbocycles. The fourth-order valence-electron chi connectivity index (χ4n) is 2.59. The zero-order chi connectivity index (χ0) is 20.7. The maximum absolute atomic E-state index is 12.7. The topological polar surface area (TPSA) is 71.3 Å². The van der Waals surface area contributed by atoms with E-state index in [0.717, 1.165) is 15.6 Å². The number of hydrogen-bond donors (Lipinski definition) is 1. The maximum atomic E-state index is 12.7. The molecule has 1 amide bonds. The molecule has 5 nitrogen and oxygen atoms in total. The highest BCUT2D eigenvalue weighted by Gasteiger charge is 2.15. The van der Waals surface area contributed by atoms with E-state index in [-0.39, 0.29) is 5.57 Å². The Balaban J connectivity index is 2.40. The number of benzene rings is 2. The molecule has 2 rings (SSSR count). The molecule has 0 bridgehead atoms. The van der Waals surface area contributed by atoms with Crippen LogP contribution in [0.1, 0.15) is 30.5 Å². The van der Waals surface area contributed by atoms with Gasteiger partial charge >= 0.3 is 0 Å². The van der Waals surface area contributed by atoms with E-state index in [9.17, 15) is 10.1 Å². The number of nitrogens with zero attached hydrogens (tertiary/aromatic N) is 1. The molecule has 28 heavy (non-hydrogen) atoms. The van der Waals surface area contributed by atoms with Crippen LogP contribution in [0.3, 0.4) is 0 Å². The number of rotatable bonds is 7. The molecule has 0 saturated carbocycles. The van der Waals surface area contributed by atoms with Gasteiger partial charge < -0.3 is 14.8 Å². The first-order chi connectivity index (χ1) is 13.4. The summed E-state index contributed by atoms with van der Waals surface area (Å²) < 4.78 is 12.0. The van der Waals surface area contributed by atoms with Crippen LogP contribution in [0.2, 0.25) is 0 Å². The van der Waals surface area contributed by atoms with Gasteiger partial charge in [-0.25, -0.2) is 0 Å². The first-order valence-corrected chi connectivity index (χ1v) is 9.79. The second kappa shape index (κ2) is 9.95. The van der Waals surface area contributed by atoms with Gasteiger partial charge in [-0.15, -0.1) is 0 Å². The van der Waals surface area contributed by atoms with E-state index >= 15 is 0 Å². The second-order valence-corrected chi connectivity index (χ2v) is 6.91. The third-order valence-corrected chi connectivity index (χ3v) is 4.80. The van der Waals surface area contributed by atoms with E-state index in [1.54, 1.807) is 12.1 Å². The molecule has 0 heterocycles. The summed E-state index contributed by atoms with van der Waals surface area (Å²) in [5, 5.41) is 12.3. The first kappa shape index (κ1) is 21.5. The Bertz CT molecular complexity index is 946. The molecule has 0 aliphatic rings. The van der Waals surface area contributed by atoms with Gasteiger partial charge in [-0.1, -0.05) is 12.1 Å². The Morgan fingerprint density at radius 3 is 2.50 bits per heavy atom. The number of nitriles is 1. The monoisotopic (exact) mass is 442 g/mol. The molecule has 0 radical (unpaired) electrons. The van der Waals surface area contributed by atoms with Crippen molar-refractivity contribution in [3.8, 4) is 17.6 Å². The van der Waals surface area contributed by atoms with Crippen molar-refractivity contribution < 1.29 is 14.3 Å². The number of ether oxygens (including phenoxy) is 2. The van der Waals surface area contributed by atoms with E-state index in [2.05, 4.69) is 21.2 Å². The Morgan fingerprint density at radius 1 is 1.18 bits per heavy atom. The number of amides is 1. The van der Waals surface area contributed by atoms with Crippen LogP contribution in [-0.2, 0) is 4.79 Å². The molecule has 0 fully saturated rings. The van der Waals surface area contributed by atoms with Crippen LogP contribution >= 0.6 is 15.9 Å². The van der Waals surface area contributed by atoms with Crippen LogP contribution in [0.15, 0.2) is 40.4 Å². The van der Waals surface area contributed by atoms with Gasteiger partial charge in [-0.3, -0.25) is 4.79 Å². The zero-order valence-electron chi connectivity index (χ0n) is 16.4. The number of carbonyl (C=O) groups excluding carboxylic acids is 1. The molecular formula is C22H23BrN2O3. The first-order valence-electron chi connectivity index (χ1n) is 8.99. The Labute approximate surface area is 174 Å². The number of hydrogen-bond acceptors (Lipinski definition) is 4. The summed E-state index contributed by atoms with van der Waals surface area (Å²) in [6, 6.07) is 11.2. The van der Waals surface area contributed by atoms with Crippen molar-refractivity contribution in [2.45, 2.75) is 27.7 Å². The summed E-state index contributed by atoms with van der Waals surface area (Å²) in [7, 11) is 0. The van der Waals surface area contributed by atoms with Crippen molar-refractivity contribution >= 4 is 33.6 Å². The van der Waals surface area contributed by atoms with Crippen LogP contribution < -0.4 is 14.8 Å². The van der Waals surface area contributed by atoms with Crippen molar-refractivity contribution in [2.24, 2.45) is 0 Å². The maximum Gasteiger partial charge on any atom is 0.266 e. The Kier molecular flexibility index (Phi) is 7.65. The van der Waals surface area contributed by atoms with Crippen molar-refractivity contribution in [3.05, 3.63) is 57.1 Å². The lowest BCUT2D eigenvalue weighted by Crippen LogP contribution is -2.14. The summed E-state index contributed by atoms with van der Waals surface area (Å²) in [4.78, 5) is 12.7. The number of carbonyl (C=O) groups is 1. The largest absolute Gasteiger partial charge is 0.493 e. The number of halogens is 1. The van der Waals surface area contributed by atoms with Crippen LogP contribution in [-0.4, -0.2) is 19.1 Å². The fraction of sp³-hybridized carbons (Fsp3) is 0.273. The van der Waals surface area contributed by atoms with Gasteiger partial charge in [-0.2, -0.15) is 5.26 Å². The lowest BCUT2D eigenvalue weighted by Gasteiger charge is -2.13. The SMILES string of the molecule is CCOc1cc(OCC)c(/C=C(\C#N)C(=O)Nc2cccc(C)c2C)cc1Br. The van der Waals surface area contributed by atoms with Gasteiger partial charge in [0.15, 0.2) is 0 Å². The predicted molar refractivity (Wildman–Crippen MR) is 115 cm³/mol. The van der Waals surface area contributed by atoms with Crippen LogP contribution in [0.4, 0.5) is 5.69 Å². The minimum atomic E-state index is -0.469. The fourth-order valence-corrected chi connectivity index (χ4v) is 3.07. The van der Waals surface area contributed by atoms with Gasteiger partial charge in [0.2, 0.25) is 0 Å². The average Bonchev–Trinajstić information content (AvgIpc) is 2.66. The lowest BCUT2D eigenvalue weighted by molar-refractivity contribution is -0.112. The van der Waals surface area contributed by atoms with Gasteiger partial charge in [-0.05, 0) is 73.0 Å². The van der Waals surface area contributed by atoms with Crippen LogP contribution in [0.25, 0.3) is 6.08 Å². The quantitative estimate of drug-likeness (QED) is 0.459. The highest BCUT2D eigenvalue weighted by molar-refractivity contribution is 9.10. The third-order valence-electron chi connectivity index (χ3n) is 4.18. The molecule has 0 aliphatic heterocycles. The normalized spacial score (nSPS) is 10.9. The van der Waals surface area contributed by atoms with Gasteiger partial charge in [0.05, 0.1) is 17.7 Å². The average molecular weight is 443 g/mol. The van der Waals surface area contributed by atoms with E-state index in [1.807, 2.05) is 52.0 Å². The van der Waals surface area contributed by atoms with Gasteiger partial charge in [0.1, 0.15) is 23.1 Å².